The Kier molecular flexibility index (Phi) is 3.91. The molecule has 0 heterocycles. The lowest BCUT2D eigenvalue weighted by Gasteiger charge is -2.09. The number of halogens is 2. The lowest BCUT2D eigenvalue weighted by molar-refractivity contribution is -0.122. The monoisotopic (exact) mass is 182 g/mol. The molecule has 0 aromatic carbocycles. The summed E-state index contributed by atoms with van der Waals surface area (Å²) in [5, 5.41) is -1.05. The lowest BCUT2D eigenvalue weighted by atomic mass is 9.99. The number of carbonyl (C=O) groups is 2. The summed E-state index contributed by atoms with van der Waals surface area (Å²) in [5.74, 6) is -0.988. The van der Waals surface area contributed by atoms with Crippen LogP contribution < -0.4 is 0 Å². The Morgan fingerprint density at radius 2 is 1.20 bits per heavy atom. The first kappa shape index (κ1) is 9.92. The summed E-state index contributed by atoms with van der Waals surface area (Å²) in [6.45, 7) is 3.14. The molecule has 0 saturated carbocycles. The van der Waals surface area contributed by atoms with Gasteiger partial charge >= 0.3 is 0 Å². The average Bonchev–Trinajstić information content (AvgIpc) is 1.84. The van der Waals surface area contributed by atoms with Crippen molar-refractivity contribution in [2.45, 2.75) is 13.8 Å². The molecule has 2 atom stereocenters. The van der Waals surface area contributed by atoms with E-state index >= 15 is 0 Å². The van der Waals surface area contributed by atoms with Crippen LogP contribution in [0.15, 0.2) is 0 Å². The third-order valence-corrected chi connectivity index (χ3v) is 2.15. The molecule has 2 nitrogen and oxygen atoms in total. The minimum absolute atomic E-state index is 0.494. The smallest absolute Gasteiger partial charge is 0.225 e. The fourth-order valence-corrected chi connectivity index (χ4v) is 0.771. The fourth-order valence-electron chi connectivity index (χ4n) is 0.393. The molecule has 0 aromatic heterocycles. The summed E-state index contributed by atoms with van der Waals surface area (Å²) in [6.07, 6.45) is 0. The number of rotatable bonds is 3. The third kappa shape index (κ3) is 2.67. The Bertz CT molecular complexity index is 138. The van der Waals surface area contributed by atoms with Gasteiger partial charge in [0.25, 0.3) is 0 Å². The number of hydrogen-bond acceptors (Lipinski definition) is 2. The zero-order valence-electron chi connectivity index (χ0n) is 5.73. The van der Waals surface area contributed by atoms with Crippen LogP contribution in [-0.2, 0) is 9.59 Å². The molecule has 0 aromatic rings. The van der Waals surface area contributed by atoms with Gasteiger partial charge in [0.2, 0.25) is 10.5 Å². The molecule has 0 amide bonds. The first-order chi connectivity index (χ1) is 4.46. The van der Waals surface area contributed by atoms with E-state index in [4.69, 9.17) is 23.2 Å². The second kappa shape index (κ2) is 3.94. The zero-order valence-corrected chi connectivity index (χ0v) is 7.24. The van der Waals surface area contributed by atoms with Crippen LogP contribution >= 0.6 is 23.2 Å². The van der Waals surface area contributed by atoms with E-state index in [1.54, 1.807) is 13.8 Å². The third-order valence-electron chi connectivity index (χ3n) is 1.47. The van der Waals surface area contributed by atoms with Crippen LogP contribution in [0.25, 0.3) is 0 Å². The van der Waals surface area contributed by atoms with Crippen molar-refractivity contribution < 1.29 is 9.59 Å². The van der Waals surface area contributed by atoms with Crippen molar-refractivity contribution in [1.29, 1.82) is 0 Å². The molecule has 0 rings (SSSR count). The largest absolute Gasteiger partial charge is 0.281 e. The molecular weight excluding hydrogens is 175 g/mol. The molecule has 0 aliphatic carbocycles. The van der Waals surface area contributed by atoms with Crippen LogP contribution in [0.2, 0.25) is 0 Å². The number of carbonyl (C=O) groups excluding carboxylic acids is 2. The Hall–Kier alpha value is -0.0800. The first-order valence-corrected chi connectivity index (χ1v) is 3.61. The van der Waals surface area contributed by atoms with Crippen molar-refractivity contribution in [1.82, 2.24) is 0 Å². The standard InChI is InChI=1S/C6H8Cl2O2/c1-3(5(7)9)4(2)6(8)10/h3-4H,1-2H3/t3-,4+. The van der Waals surface area contributed by atoms with Crippen LogP contribution in [0.1, 0.15) is 13.8 Å². The summed E-state index contributed by atoms with van der Waals surface area (Å²) >= 11 is 10.2. The topological polar surface area (TPSA) is 34.1 Å². The minimum atomic E-state index is -0.526. The molecule has 10 heavy (non-hydrogen) atoms. The molecule has 0 bridgehead atoms. The Morgan fingerprint density at radius 3 is 1.30 bits per heavy atom. The van der Waals surface area contributed by atoms with Gasteiger partial charge in [0.1, 0.15) is 0 Å². The average molecular weight is 183 g/mol. The van der Waals surface area contributed by atoms with Crippen molar-refractivity contribution in [2.24, 2.45) is 11.8 Å². The van der Waals surface area contributed by atoms with Gasteiger partial charge in [0.15, 0.2) is 0 Å². The van der Waals surface area contributed by atoms with E-state index in [2.05, 4.69) is 0 Å². The second-order valence-corrected chi connectivity index (χ2v) is 2.93. The van der Waals surface area contributed by atoms with Crippen LogP contribution in [0, 0.1) is 11.8 Å². The molecule has 0 N–H and O–H groups in total. The maximum Gasteiger partial charge on any atom is 0.225 e. The SMILES string of the molecule is C[C@H](C(=O)Cl)[C@@H](C)C(=O)Cl. The van der Waals surface area contributed by atoms with Crippen molar-refractivity contribution in [2.75, 3.05) is 0 Å². The summed E-state index contributed by atoms with van der Waals surface area (Å²) in [6, 6.07) is 0. The molecule has 0 fully saturated rings. The predicted octanol–water partition coefficient (Wildman–Crippen LogP) is 1.79. The van der Waals surface area contributed by atoms with E-state index < -0.39 is 22.3 Å². The van der Waals surface area contributed by atoms with Gasteiger partial charge in [-0.15, -0.1) is 0 Å². The van der Waals surface area contributed by atoms with Crippen molar-refractivity contribution in [3.05, 3.63) is 0 Å². The summed E-state index contributed by atoms with van der Waals surface area (Å²) < 4.78 is 0. The number of hydrogen-bond donors (Lipinski definition) is 0. The fraction of sp³-hybridized carbons (Fsp3) is 0.667. The quantitative estimate of drug-likeness (QED) is 0.625. The van der Waals surface area contributed by atoms with Gasteiger partial charge in [-0.1, -0.05) is 13.8 Å². The van der Waals surface area contributed by atoms with Gasteiger partial charge < -0.3 is 0 Å². The molecule has 4 heteroatoms. The molecule has 0 aliphatic heterocycles. The van der Waals surface area contributed by atoms with Gasteiger partial charge in [0, 0.05) is 11.8 Å². The molecule has 0 saturated heterocycles. The highest BCUT2D eigenvalue weighted by Crippen LogP contribution is 2.16. The molecule has 0 spiro atoms. The van der Waals surface area contributed by atoms with Gasteiger partial charge in [-0.3, -0.25) is 9.59 Å². The van der Waals surface area contributed by atoms with E-state index in [9.17, 15) is 9.59 Å². The maximum absolute atomic E-state index is 10.4. The van der Waals surface area contributed by atoms with Crippen LogP contribution in [0.3, 0.4) is 0 Å². The van der Waals surface area contributed by atoms with Gasteiger partial charge in [-0.05, 0) is 23.2 Å². The van der Waals surface area contributed by atoms with Crippen LogP contribution in [0.4, 0.5) is 0 Å². The first-order valence-electron chi connectivity index (χ1n) is 2.85. The Labute approximate surface area is 69.5 Å². The summed E-state index contributed by atoms with van der Waals surface area (Å²) in [7, 11) is 0. The minimum Gasteiger partial charge on any atom is -0.281 e. The van der Waals surface area contributed by atoms with Crippen molar-refractivity contribution in [3.8, 4) is 0 Å². The van der Waals surface area contributed by atoms with Gasteiger partial charge in [0.05, 0.1) is 0 Å². The summed E-state index contributed by atoms with van der Waals surface area (Å²) in [5.41, 5.74) is 0. The Morgan fingerprint density at radius 1 is 1.00 bits per heavy atom. The zero-order chi connectivity index (χ0) is 8.31. The molecule has 58 valence electrons. The highest BCUT2D eigenvalue weighted by molar-refractivity contribution is 6.66. The maximum atomic E-state index is 10.4. The van der Waals surface area contributed by atoms with Crippen LogP contribution in [-0.4, -0.2) is 10.5 Å². The Balaban J connectivity index is 4.07. The lowest BCUT2D eigenvalue weighted by Crippen LogP contribution is -2.19. The molecule has 0 radical (unpaired) electrons. The molecule has 0 aliphatic rings. The van der Waals surface area contributed by atoms with Gasteiger partial charge in [-0.2, -0.15) is 0 Å². The predicted molar refractivity (Wildman–Crippen MR) is 40.0 cm³/mol. The van der Waals surface area contributed by atoms with E-state index in [-0.39, 0.29) is 0 Å². The normalized spacial score (nSPS) is 16.0. The highest BCUT2D eigenvalue weighted by Gasteiger charge is 2.22. The van der Waals surface area contributed by atoms with E-state index in [0.29, 0.717) is 0 Å². The molecule has 0 unspecified atom stereocenters. The van der Waals surface area contributed by atoms with Crippen molar-refractivity contribution >= 4 is 33.7 Å². The highest BCUT2D eigenvalue weighted by atomic mass is 35.5. The van der Waals surface area contributed by atoms with Crippen molar-refractivity contribution in [3.63, 3.8) is 0 Å². The molecular formula is C6H8Cl2O2. The van der Waals surface area contributed by atoms with Gasteiger partial charge in [-0.25, -0.2) is 0 Å². The second-order valence-electron chi connectivity index (χ2n) is 2.19. The summed E-state index contributed by atoms with van der Waals surface area (Å²) in [4.78, 5) is 20.9. The van der Waals surface area contributed by atoms with E-state index in [1.807, 2.05) is 0 Å². The van der Waals surface area contributed by atoms with E-state index in [0.717, 1.165) is 0 Å². The van der Waals surface area contributed by atoms with Crippen LogP contribution in [0.5, 0.6) is 0 Å². The van der Waals surface area contributed by atoms with E-state index in [1.165, 1.54) is 0 Å².